The quantitative estimate of drug-likeness (QED) is 0.590. The molecule has 1 saturated heterocycles. The van der Waals surface area contributed by atoms with E-state index in [1.165, 1.54) is 12.8 Å². The number of hydrogen-bond acceptors (Lipinski definition) is 4. The van der Waals surface area contributed by atoms with Gasteiger partial charge in [0, 0.05) is 53.6 Å². The zero-order valence-corrected chi connectivity index (χ0v) is 21.0. The second kappa shape index (κ2) is 9.45. The molecule has 34 heavy (non-hydrogen) atoms. The molecule has 0 spiro atoms. The van der Waals surface area contributed by atoms with E-state index >= 15 is 0 Å². The fourth-order valence-electron chi connectivity index (χ4n) is 5.38. The lowest BCUT2D eigenvalue weighted by Crippen LogP contribution is -2.32. The van der Waals surface area contributed by atoms with Crippen molar-refractivity contribution in [2.45, 2.75) is 46.5 Å². The van der Waals surface area contributed by atoms with Gasteiger partial charge in [0.1, 0.15) is 0 Å². The summed E-state index contributed by atoms with van der Waals surface area (Å²) in [5.41, 5.74) is 6.64. The number of carbonyl (C=O) groups is 2. The van der Waals surface area contributed by atoms with Gasteiger partial charge in [-0.25, -0.2) is 0 Å². The largest absolute Gasteiger partial charge is 0.358 e. The average Bonchev–Trinajstić information content (AvgIpc) is 3.47. The number of likely N-dealkylation sites (tertiary alicyclic amines) is 1. The van der Waals surface area contributed by atoms with E-state index in [0.29, 0.717) is 11.5 Å². The molecule has 1 unspecified atom stereocenters. The number of fused-ring (bicyclic) bond motifs is 1. The molecule has 3 aliphatic heterocycles. The Morgan fingerprint density at radius 2 is 2.12 bits per heavy atom. The van der Waals surface area contributed by atoms with Crippen molar-refractivity contribution in [1.82, 2.24) is 9.88 Å². The molecule has 0 aliphatic carbocycles. The molecule has 7 heteroatoms. The molecule has 0 radical (unpaired) electrons. The highest BCUT2D eigenvalue weighted by Gasteiger charge is 2.31. The maximum atomic E-state index is 13.5. The molecule has 1 fully saturated rings. The summed E-state index contributed by atoms with van der Waals surface area (Å²) in [5.74, 6) is 1.66. The fourth-order valence-corrected chi connectivity index (χ4v) is 6.27. The summed E-state index contributed by atoms with van der Waals surface area (Å²) < 4.78 is 0. The minimum Gasteiger partial charge on any atom is -0.358 e. The van der Waals surface area contributed by atoms with Crippen LogP contribution in [0.1, 0.15) is 71.0 Å². The summed E-state index contributed by atoms with van der Waals surface area (Å²) in [6.07, 6.45) is 6.41. The Bertz CT molecular complexity index is 1210. The minimum absolute atomic E-state index is 0.0985. The van der Waals surface area contributed by atoms with Crippen LogP contribution in [0.4, 0.5) is 5.69 Å². The van der Waals surface area contributed by atoms with Gasteiger partial charge in [0.25, 0.3) is 11.8 Å². The fraction of sp³-hybridized carbons (Fsp3) is 0.444. The van der Waals surface area contributed by atoms with Crippen molar-refractivity contribution in [1.29, 1.82) is 0 Å². The second-order valence-electron chi connectivity index (χ2n) is 9.44. The summed E-state index contributed by atoms with van der Waals surface area (Å²) in [4.78, 5) is 36.5. The number of rotatable bonds is 4. The maximum Gasteiger partial charge on any atom is 0.256 e. The van der Waals surface area contributed by atoms with Crippen molar-refractivity contribution in [3.63, 3.8) is 0 Å². The number of benzene rings is 1. The van der Waals surface area contributed by atoms with Gasteiger partial charge in [-0.05, 0) is 56.7 Å². The van der Waals surface area contributed by atoms with Crippen molar-refractivity contribution in [3.8, 4) is 0 Å². The maximum absolute atomic E-state index is 13.5. The Labute approximate surface area is 205 Å². The van der Waals surface area contributed by atoms with Crippen molar-refractivity contribution in [2.24, 2.45) is 10.9 Å². The number of aryl methyl sites for hydroxylation is 1. The first-order valence-electron chi connectivity index (χ1n) is 12.3. The molecule has 0 saturated carbocycles. The number of nitrogens with one attached hydrogen (secondary N) is 2. The van der Waals surface area contributed by atoms with Crippen molar-refractivity contribution >= 4 is 46.0 Å². The van der Waals surface area contributed by atoms with E-state index in [2.05, 4.69) is 22.2 Å². The van der Waals surface area contributed by atoms with Crippen LogP contribution in [0, 0.1) is 19.8 Å². The van der Waals surface area contributed by atoms with E-state index in [1.54, 1.807) is 11.8 Å². The third-order valence-corrected chi connectivity index (χ3v) is 8.34. The van der Waals surface area contributed by atoms with E-state index in [0.717, 1.165) is 82.6 Å². The lowest BCUT2D eigenvalue weighted by molar-refractivity contribution is -0.110. The highest BCUT2D eigenvalue weighted by molar-refractivity contribution is 8.14. The predicted molar refractivity (Wildman–Crippen MR) is 141 cm³/mol. The van der Waals surface area contributed by atoms with E-state index in [1.807, 2.05) is 43.0 Å². The average molecular weight is 477 g/mol. The third-order valence-electron chi connectivity index (χ3n) is 7.33. The molecular weight excluding hydrogens is 444 g/mol. The molecule has 4 heterocycles. The topological polar surface area (TPSA) is 77.6 Å². The van der Waals surface area contributed by atoms with Gasteiger partial charge in [0.2, 0.25) is 0 Å². The summed E-state index contributed by atoms with van der Waals surface area (Å²) in [6.45, 7) is 8.61. The Morgan fingerprint density at radius 1 is 1.26 bits per heavy atom. The molecule has 1 aromatic heterocycles. The molecule has 5 rings (SSSR count). The molecule has 2 amide bonds. The summed E-state index contributed by atoms with van der Waals surface area (Å²) in [7, 11) is 0. The van der Waals surface area contributed by atoms with Crippen molar-refractivity contribution < 1.29 is 9.59 Å². The Balaban J connectivity index is 1.49. The zero-order chi connectivity index (χ0) is 23.8. The van der Waals surface area contributed by atoms with Gasteiger partial charge in [-0.3, -0.25) is 14.6 Å². The van der Waals surface area contributed by atoms with Crippen molar-refractivity contribution in [2.75, 3.05) is 30.7 Å². The molecular formula is C27H32N4O2S. The first kappa shape index (κ1) is 23.0. The highest BCUT2D eigenvalue weighted by atomic mass is 32.2. The van der Waals surface area contributed by atoms with Crippen LogP contribution in [-0.4, -0.2) is 52.1 Å². The standard InChI is InChI=1S/C27H32N4O2S/c1-4-18-7-6-12-31(13-10-18)27(33)23-16(2)22(29-17(23)3)15-20-24-19(26-28-11-14-34-26)8-5-9-21(24)30-25(20)32/h5,8-9,15,18,29H,4,6-7,10-14H2,1-3H3,(H,30,32)/b20-15-. The molecule has 1 atom stereocenters. The molecule has 2 N–H and O–H groups in total. The first-order valence-corrected chi connectivity index (χ1v) is 13.3. The number of anilines is 1. The Morgan fingerprint density at radius 3 is 2.88 bits per heavy atom. The van der Waals surface area contributed by atoms with E-state index in [9.17, 15) is 9.59 Å². The van der Waals surface area contributed by atoms with Crippen LogP contribution in [0.25, 0.3) is 11.6 Å². The van der Waals surface area contributed by atoms with Crippen LogP contribution in [0.5, 0.6) is 0 Å². The smallest absolute Gasteiger partial charge is 0.256 e. The van der Waals surface area contributed by atoms with Crippen LogP contribution >= 0.6 is 11.8 Å². The van der Waals surface area contributed by atoms with Gasteiger partial charge >= 0.3 is 0 Å². The van der Waals surface area contributed by atoms with Gasteiger partial charge in [0.15, 0.2) is 0 Å². The Hall–Kier alpha value is -2.80. The number of hydrogen-bond donors (Lipinski definition) is 2. The molecule has 2 aromatic rings. The number of nitrogens with zero attached hydrogens (tertiary/aromatic N) is 2. The molecule has 6 nitrogen and oxygen atoms in total. The van der Waals surface area contributed by atoms with Gasteiger partial charge in [-0.15, -0.1) is 11.8 Å². The third kappa shape index (κ3) is 4.11. The number of aromatic amines is 1. The summed E-state index contributed by atoms with van der Waals surface area (Å²) in [5, 5.41) is 3.99. The SMILES string of the molecule is CCC1CCCN(C(=O)c2c(C)[nH]c(/C=C3\C(=O)Nc4cccc(C5=NCCS5)c43)c2C)CC1. The van der Waals surface area contributed by atoms with Crippen LogP contribution < -0.4 is 5.32 Å². The van der Waals surface area contributed by atoms with E-state index in [4.69, 9.17) is 0 Å². The number of carbonyl (C=O) groups excluding carboxylic acids is 2. The molecule has 178 valence electrons. The van der Waals surface area contributed by atoms with Crippen LogP contribution in [0.3, 0.4) is 0 Å². The highest BCUT2D eigenvalue weighted by Crippen LogP contribution is 2.39. The minimum atomic E-state index is -0.122. The van der Waals surface area contributed by atoms with Crippen LogP contribution in [-0.2, 0) is 4.79 Å². The Kier molecular flexibility index (Phi) is 6.38. The number of aromatic nitrogens is 1. The van der Waals surface area contributed by atoms with Gasteiger partial charge in [0.05, 0.1) is 16.2 Å². The monoisotopic (exact) mass is 476 g/mol. The molecule has 1 aromatic carbocycles. The first-order chi connectivity index (χ1) is 16.5. The lowest BCUT2D eigenvalue weighted by atomic mass is 9.98. The zero-order valence-electron chi connectivity index (χ0n) is 20.2. The van der Waals surface area contributed by atoms with E-state index < -0.39 is 0 Å². The summed E-state index contributed by atoms with van der Waals surface area (Å²) >= 11 is 1.73. The van der Waals surface area contributed by atoms with Crippen LogP contribution in [0.15, 0.2) is 23.2 Å². The number of thioether (sulfide) groups is 1. The number of H-pyrrole nitrogens is 1. The van der Waals surface area contributed by atoms with Crippen molar-refractivity contribution in [3.05, 3.63) is 51.8 Å². The van der Waals surface area contributed by atoms with E-state index in [-0.39, 0.29) is 11.8 Å². The van der Waals surface area contributed by atoms with Crippen LogP contribution in [0.2, 0.25) is 0 Å². The van der Waals surface area contributed by atoms with Gasteiger partial charge in [-0.2, -0.15) is 0 Å². The number of aliphatic imine (C=N–C) groups is 1. The molecule has 3 aliphatic rings. The summed E-state index contributed by atoms with van der Waals surface area (Å²) in [6, 6.07) is 5.93. The molecule has 0 bridgehead atoms. The predicted octanol–water partition coefficient (Wildman–Crippen LogP) is 5.27. The number of amides is 2. The lowest BCUT2D eigenvalue weighted by Gasteiger charge is -2.21. The van der Waals surface area contributed by atoms with Gasteiger partial charge in [-0.1, -0.05) is 25.5 Å². The van der Waals surface area contributed by atoms with Gasteiger partial charge < -0.3 is 15.2 Å². The second-order valence-corrected chi connectivity index (χ2v) is 10.5. The normalized spacial score (nSPS) is 21.4.